The lowest BCUT2D eigenvalue weighted by Crippen LogP contribution is -2.21. The average molecular weight is 333 g/mol. The number of ether oxygens (including phenoxy) is 2. The molecule has 0 radical (unpaired) electrons. The molecule has 1 aromatic rings. The minimum atomic E-state index is -5.37. The highest BCUT2D eigenvalue weighted by Crippen LogP contribution is 2.43. The normalized spacial score (nSPS) is 12.1. The number of esters is 1. The molecule has 0 aliphatic carbocycles. The second-order valence-corrected chi connectivity index (χ2v) is 3.84. The molecule has 0 fully saturated rings. The Labute approximate surface area is 119 Å². The lowest BCUT2D eigenvalue weighted by molar-refractivity contribution is -0.275. The van der Waals surface area contributed by atoms with Crippen LogP contribution in [0.4, 0.5) is 26.3 Å². The molecular formula is C11H9F6NO4. The van der Waals surface area contributed by atoms with Crippen LogP contribution in [0.2, 0.25) is 0 Å². The first-order valence-corrected chi connectivity index (χ1v) is 5.65. The van der Waals surface area contributed by atoms with Crippen molar-refractivity contribution in [2.75, 3.05) is 6.61 Å². The fraction of sp³-hybridized carbons (Fsp3) is 0.455. The number of pyridine rings is 1. The lowest BCUT2D eigenvalue weighted by Gasteiger charge is -2.17. The zero-order valence-electron chi connectivity index (χ0n) is 10.9. The number of alkyl halides is 6. The monoisotopic (exact) mass is 333 g/mol. The van der Waals surface area contributed by atoms with Crippen molar-refractivity contribution >= 4 is 5.97 Å². The highest BCUT2D eigenvalue weighted by atomic mass is 19.4. The molecule has 1 N–H and O–H groups in total. The maximum absolute atomic E-state index is 12.5. The van der Waals surface area contributed by atoms with E-state index in [-0.39, 0.29) is 6.61 Å². The molecule has 22 heavy (non-hydrogen) atoms. The average Bonchev–Trinajstić information content (AvgIpc) is 2.31. The molecule has 124 valence electrons. The number of carbonyl (C=O) groups excluding carboxylic acids is 1. The van der Waals surface area contributed by atoms with Crippen LogP contribution in [0.5, 0.6) is 11.5 Å². The quantitative estimate of drug-likeness (QED) is 0.678. The second-order valence-electron chi connectivity index (χ2n) is 3.84. The molecule has 1 rings (SSSR count). The van der Waals surface area contributed by atoms with Gasteiger partial charge in [-0.1, -0.05) is 0 Å². The zero-order valence-corrected chi connectivity index (χ0v) is 10.9. The third-order valence-electron chi connectivity index (χ3n) is 2.21. The fourth-order valence-electron chi connectivity index (χ4n) is 1.45. The van der Waals surface area contributed by atoms with E-state index in [1.165, 1.54) is 6.92 Å². The van der Waals surface area contributed by atoms with Crippen molar-refractivity contribution in [3.63, 3.8) is 0 Å². The molecule has 0 saturated carbocycles. The summed E-state index contributed by atoms with van der Waals surface area (Å²) in [5.41, 5.74) is -2.65. The summed E-state index contributed by atoms with van der Waals surface area (Å²) < 4.78 is 82.2. The van der Waals surface area contributed by atoms with Gasteiger partial charge in [0.05, 0.1) is 13.0 Å². The summed E-state index contributed by atoms with van der Waals surface area (Å²) in [5.74, 6) is -4.41. The van der Waals surface area contributed by atoms with E-state index in [0.29, 0.717) is 6.20 Å². The zero-order chi connectivity index (χ0) is 17.1. The van der Waals surface area contributed by atoms with E-state index in [2.05, 4.69) is 14.5 Å². The molecule has 0 bridgehead atoms. The van der Waals surface area contributed by atoms with E-state index in [1.54, 1.807) is 0 Å². The summed E-state index contributed by atoms with van der Waals surface area (Å²) in [4.78, 5) is 14.1. The van der Waals surface area contributed by atoms with E-state index >= 15 is 0 Å². The van der Waals surface area contributed by atoms with Crippen molar-refractivity contribution in [3.8, 4) is 11.5 Å². The Morgan fingerprint density at radius 3 is 2.32 bits per heavy atom. The third kappa shape index (κ3) is 4.67. The van der Waals surface area contributed by atoms with E-state index in [1.807, 2.05) is 0 Å². The summed E-state index contributed by atoms with van der Waals surface area (Å²) in [7, 11) is 0. The molecule has 0 saturated heterocycles. The number of carbonyl (C=O) groups is 1. The Morgan fingerprint density at radius 1 is 1.27 bits per heavy atom. The van der Waals surface area contributed by atoms with Crippen LogP contribution in [0.1, 0.15) is 18.2 Å². The van der Waals surface area contributed by atoms with Gasteiger partial charge in [-0.15, -0.1) is 13.2 Å². The van der Waals surface area contributed by atoms with Crippen LogP contribution in [0.25, 0.3) is 0 Å². The van der Waals surface area contributed by atoms with Gasteiger partial charge in [-0.05, 0) is 6.92 Å². The van der Waals surface area contributed by atoms with Crippen LogP contribution in [-0.4, -0.2) is 29.0 Å². The van der Waals surface area contributed by atoms with Gasteiger partial charge in [0, 0.05) is 11.8 Å². The molecule has 11 heteroatoms. The molecule has 1 heterocycles. The first-order valence-electron chi connectivity index (χ1n) is 5.65. The topological polar surface area (TPSA) is 68.7 Å². The van der Waals surface area contributed by atoms with Crippen LogP contribution in [0.15, 0.2) is 6.20 Å². The minimum absolute atomic E-state index is 0.0889. The molecule has 0 aliphatic rings. The maximum Gasteiger partial charge on any atom is 0.573 e. The van der Waals surface area contributed by atoms with Crippen LogP contribution in [0, 0.1) is 0 Å². The Hall–Kier alpha value is -2.20. The van der Waals surface area contributed by atoms with Gasteiger partial charge in [0.2, 0.25) is 0 Å². The number of rotatable bonds is 4. The van der Waals surface area contributed by atoms with Gasteiger partial charge >= 0.3 is 18.5 Å². The van der Waals surface area contributed by atoms with Crippen molar-refractivity contribution in [1.82, 2.24) is 4.98 Å². The van der Waals surface area contributed by atoms with Gasteiger partial charge in [-0.25, -0.2) is 4.98 Å². The summed E-state index contributed by atoms with van der Waals surface area (Å²) in [5, 5.41) is 9.35. The molecule has 0 spiro atoms. The number of hydrogen-bond donors (Lipinski definition) is 1. The fourth-order valence-corrected chi connectivity index (χ4v) is 1.45. The molecule has 0 amide bonds. The second kappa shape index (κ2) is 6.28. The first-order chi connectivity index (χ1) is 9.95. The number of hydrogen-bond acceptors (Lipinski definition) is 5. The summed E-state index contributed by atoms with van der Waals surface area (Å²) in [6, 6.07) is 0. The first kappa shape index (κ1) is 17.9. The number of nitrogens with zero attached hydrogens (tertiary/aromatic N) is 1. The van der Waals surface area contributed by atoms with Crippen LogP contribution in [0.3, 0.4) is 0 Å². The molecule has 0 atom stereocenters. The molecule has 5 nitrogen and oxygen atoms in total. The Morgan fingerprint density at radius 2 is 1.86 bits per heavy atom. The predicted octanol–water partition coefficient (Wildman–Crippen LogP) is 2.81. The molecule has 0 unspecified atom stereocenters. The van der Waals surface area contributed by atoms with Crippen LogP contribution >= 0.6 is 0 Å². The Kier molecular flexibility index (Phi) is 5.09. The molecule has 0 aliphatic heterocycles. The predicted molar refractivity (Wildman–Crippen MR) is 57.9 cm³/mol. The molecular weight excluding hydrogens is 324 g/mol. The van der Waals surface area contributed by atoms with E-state index in [9.17, 15) is 36.2 Å². The lowest BCUT2D eigenvalue weighted by atomic mass is 10.1. The van der Waals surface area contributed by atoms with Crippen LogP contribution < -0.4 is 4.74 Å². The van der Waals surface area contributed by atoms with Crippen molar-refractivity contribution in [3.05, 3.63) is 17.5 Å². The van der Waals surface area contributed by atoms with Crippen LogP contribution in [-0.2, 0) is 22.1 Å². The van der Waals surface area contributed by atoms with Crippen molar-refractivity contribution in [2.24, 2.45) is 0 Å². The number of halogens is 6. The standard InChI is InChI=1S/C11H9F6NO4/c1-2-21-6(19)3-5-4-18-9(10(12,13)14)7(20)8(5)22-11(15,16)17/h4,20H,2-3H2,1H3. The van der Waals surface area contributed by atoms with Gasteiger partial charge in [0.25, 0.3) is 0 Å². The highest BCUT2D eigenvalue weighted by molar-refractivity contribution is 5.74. The molecule has 1 aromatic heterocycles. The van der Waals surface area contributed by atoms with Gasteiger partial charge in [0.1, 0.15) is 0 Å². The van der Waals surface area contributed by atoms with Gasteiger partial charge in [0.15, 0.2) is 17.2 Å². The van der Waals surface area contributed by atoms with Gasteiger partial charge in [-0.3, -0.25) is 4.79 Å². The van der Waals surface area contributed by atoms with Crippen molar-refractivity contribution in [1.29, 1.82) is 0 Å². The number of aromatic nitrogens is 1. The van der Waals surface area contributed by atoms with E-state index < -0.39 is 47.7 Å². The number of aromatic hydroxyl groups is 1. The van der Waals surface area contributed by atoms with Crippen molar-refractivity contribution in [2.45, 2.75) is 25.9 Å². The minimum Gasteiger partial charge on any atom is -0.503 e. The Bertz CT molecular complexity index is 555. The van der Waals surface area contributed by atoms with E-state index in [0.717, 1.165) is 0 Å². The smallest absolute Gasteiger partial charge is 0.503 e. The summed E-state index contributed by atoms with van der Waals surface area (Å²) in [6.45, 7) is 1.34. The Balaban J connectivity index is 3.32. The van der Waals surface area contributed by atoms with Crippen molar-refractivity contribution < 1.29 is 45.7 Å². The summed E-state index contributed by atoms with van der Waals surface area (Å²) in [6.07, 6.45) is -11.1. The van der Waals surface area contributed by atoms with Gasteiger partial charge < -0.3 is 14.6 Å². The van der Waals surface area contributed by atoms with E-state index in [4.69, 9.17) is 0 Å². The molecule has 0 aromatic carbocycles. The summed E-state index contributed by atoms with van der Waals surface area (Å²) >= 11 is 0. The van der Waals surface area contributed by atoms with Gasteiger partial charge in [-0.2, -0.15) is 13.2 Å². The SMILES string of the molecule is CCOC(=O)Cc1cnc(C(F)(F)F)c(O)c1OC(F)(F)F. The highest BCUT2D eigenvalue weighted by Gasteiger charge is 2.41. The third-order valence-corrected chi connectivity index (χ3v) is 2.21. The largest absolute Gasteiger partial charge is 0.573 e. The maximum atomic E-state index is 12.5.